The fourth-order valence-corrected chi connectivity index (χ4v) is 3.07. The van der Waals surface area contributed by atoms with Gasteiger partial charge in [-0.3, -0.25) is 4.79 Å². The molecule has 0 aliphatic rings. The zero-order valence-electron chi connectivity index (χ0n) is 14.1. The molecule has 0 saturated heterocycles. The number of aromatic hydroxyl groups is 1. The van der Waals surface area contributed by atoms with Crippen molar-refractivity contribution < 1.29 is 9.90 Å². The molecular weight excluding hydrogens is 362 g/mol. The third kappa shape index (κ3) is 3.45. The number of fused-ring (bicyclic) bond motifs is 1. The molecule has 0 aliphatic carbocycles. The lowest BCUT2D eigenvalue weighted by atomic mass is 10.0. The molecule has 0 spiro atoms. The Morgan fingerprint density at radius 1 is 0.963 bits per heavy atom. The number of halogens is 1. The van der Waals surface area contributed by atoms with Crippen LogP contribution in [0.1, 0.15) is 15.9 Å². The van der Waals surface area contributed by atoms with Crippen LogP contribution in [-0.2, 0) is 0 Å². The number of carbonyl (C=O) groups is 1. The number of aromatic nitrogens is 2. The van der Waals surface area contributed by atoms with Crippen molar-refractivity contribution in [2.45, 2.75) is 0 Å². The van der Waals surface area contributed by atoms with Crippen LogP contribution < -0.4 is 5.32 Å². The highest BCUT2D eigenvalue weighted by molar-refractivity contribution is 6.35. The quantitative estimate of drug-likeness (QED) is 0.493. The van der Waals surface area contributed by atoms with Crippen molar-refractivity contribution in [3.63, 3.8) is 0 Å². The molecule has 0 aliphatic heterocycles. The van der Waals surface area contributed by atoms with Crippen molar-refractivity contribution >= 4 is 39.8 Å². The summed E-state index contributed by atoms with van der Waals surface area (Å²) < 4.78 is 0. The van der Waals surface area contributed by atoms with Gasteiger partial charge < -0.3 is 10.4 Å². The standard InChI is InChI=1S/C21H14ClN3O2/c22-18-10-14(6-8-16(18)20(27)13-4-2-1-3-5-13)25-21-17-11-15(26)7-9-19(17)23-12-24-21/h1-12,26H,(H,23,24,25). The monoisotopic (exact) mass is 375 g/mol. The number of phenolic OH excluding ortho intramolecular Hbond substituents is 1. The van der Waals surface area contributed by atoms with E-state index in [1.807, 2.05) is 18.2 Å². The van der Waals surface area contributed by atoms with Gasteiger partial charge in [0, 0.05) is 22.2 Å². The highest BCUT2D eigenvalue weighted by atomic mass is 35.5. The molecule has 3 aromatic carbocycles. The van der Waals surface area contributed by atoms with E-state index in [2.05, 4.69) is 15.3 Å². The van der Waals surface area contributed by atoms with E-state index in [1.54, 1.807) is 48.5 Å². The van der Waals surface area contributed by atoms with Gasteiger partial charge in [-0.15, -0.1) is 0 Å². The third-order valence-electron chi connectivity index (χ3n) is 4.13. The summed E-state index contributed by atoms with van der Waals surface area (Å²) in [4.78, 5) is 21.0. The van der Waals surface area contributed by atoms with Crippen LogP contribution in [0.2, 0.25) is 5.02 Å². The summed E-state index contributed by atoms with van der Waals surface area (Å²) in [5.74, 6) is 0.529. The van der Waals surface area contributed by atoms with Crippen LogP contribution in [0, 0.1) is 0 Å². The van der Waals surface area contributed by atoms with E-state index in [-0.39, 0.29) is 11.5 Å². The largest absolute Gasteiger partial charge is 0.508 e. The lowest BCUT2D eigenvalue weighted by Gasteiger charge is -2.10. The van der Waals surface area contributed by atoms with Gasteiger partial charge >= 0.3 is 0 Å². The van der Waals surface area contributed by atoms with Crippen LogP contribution in [0.3, 0.4) is 0 Å². The molecule has 1 heterocycles. The van der Waals surface area contributed by atoms with Crippen LogP contribution in [-0.4, -0.2) is 20.9 Å². The summed E-state index contributed by atoms with van der Waals surface area (Å²) in [6.07, 6.45) is 1.44. The SMILES string of the molecule is O=C(c1ccccc1)c1ccc(Nc2ncnc3ccc(O)cc23)cc1Cl. The highest BCUT2D eigenvalue weighted by Gasteiger charge is 2.13. The number of hydrogen-bond acceptors (Lipinski definition) is 5. The lowest BCUT2D eigenvalue weighted by molar-refractivity contribution is 0.103. The minimum atomic E-state index is -0.135. The minimum Gasteiger partial charge on any atom is -0.508 e. The van der Waals surface area contributed by atoms with E-state index in [1.165, 1.54) is 6.33 Å². The van der Waals surface area contributed by atoms with Crippen LogP contribution >= 0.6 is 11.6 Å². The molecular formula is C21H14ClN3O2. The van der Waals surface area contributed by atoms with Gasteiger partial charge in [0.2, 0.25) is 0 Å². The van der Waals surface area contributed by atoms with E-state index < -0.39 is 0 Å². The second-order valence-electron chi connectivity index (χ2n) is 5.94. The Morgan fingerprint density at radius 2 is 1.78 bits per heavy atom. The van der Waals surface area contributed by atoms with Crippen LogP contribution in [0.4, 0.5) is 11.5 Å². The zero-order valence-corrected chi connectivity index (χ0v) is 14.8. The average Bonchev–Trinajstić information content (AvgIpc) is 2.69. The second-order valence-corrected chi connectivity index (χ2v) is 6.35. The van der Waals surface area contributed by atoms with E-state index in [0.29, 0.717) is 38.6 Å². The van der Waals surface area contributed by atoms with Crippen molar-refractivity contribution in [2.75, 3.05) is 5.32 Å². The average molecular weight is 376 g/mol. The first-order chi connectivity index (χ1) is 13.1. The van der Waals surface area contributed by atoms with Gasteiger partial charge in [-0.1, -0.05) is 41.9 Å². The van der Waals surface area contributed by atoms with Crippen LogP contribution in [0.5, 0.6) is 5.75 Å². The molecule has 4 rings (SSSR count). The molecule has 0 amide bonds. The summed E-state index contributed by atoms with van der Waals surface area (Å²) in [6, 6.07) is 19.0. The maximum Gasteiger partial charge on any atom is 0.194 e. The molecule has 6 heteroatoms. The number of ketones is 1. The van der Waals surface area contributed by atoms with Gasteiger partial charge in [0.1, 0.15) is 17.9 Å². The maximum atomic E-state index is 12.6. The molecule has 27 heavy (non-hydrogen) atoms. The van der Waals surface area contributed by atoms with Gasteiger partial charge in [-0.2, -0.15) is 0 Å². The van der Waals surface area contributed by atoms with Crippen molar-refractivity contribution in [3.8, 4) is 5.75 Å². The highest BCUT2D eigenvalue weighted by Crippen LogP contribution is 2.29. The Labute approximate surface area is 160 Å². The minimum absolute atomic E-state index is 0.127. The summed E-state index contributed by atoms with van der Waals surface area (Å²) in [6.45, 7) is 0. The topological polar surface area (TPSA) is 75.1 Å². The summed E-state index contributed by atoms with van der Waals surface area (Å²) in [5, 5.41) is 13.9. The number of nitrogens with one attached hydrogen (secondary N) is 1. The predicted octanol–water partition coefficient (Wildman–Crippen LogP) is 4.96. The first-order valence-corrected chi connectivity index (χ1v) is 8.60. The first kappa shape index (κ1) is 17.0. The van der Waals surface area contributed by atoms with E-state index >= 15 is 0 Å². The molecule has 1 aromatic heterocycles. The molecule has 0 fully saturated rings. The number of hydrogen-bond donors (Lipinski definition) is 2. The molecule has 0 atom stereocenters. The number of rotatable bonds is 4. The van der Waals surface area contributed by atoms with Crippen molar-refractivity contribution in [2.24, 2.45) is 0 Å². The summed E-state index contributed by atoms with van der Waals surface area (Å²) in [5.41, 5.74) is 2.39. The molecule has 2 N–H and O–H groups in total. The van der Waals surface area contributed by atoms with Gasteiger partial charge in [0.15, 0.2) is 5.78 Å². The Morgan fingerprint density at radius 3 is 2.56 bits per heavy atom. The smallest absolute Gasteiger partial charge is 0.194 e. The van der Waals surface area contributed by atoms with Crippen molar-refractivity contribution in [1.82, 2.24) is 9.97 Å². The molecule has 4 aromatic rings. The number of carbonyl (C=O) groups excluding carboxylic acids is 1. The van der Waals surface area contributed by atoms with Gasteiger partial charge in [-0.25, -0.2) is 9.97 Å². The van der Waals surface area contributed by atoms with E-state index in [9.17, 15) is 9.90 Å². The Balaban J connectivity index is 1.66. The Hall–Kier alpha value is -3.44. The Bertz CT molecular complexity index is 1150. The number of nitrogens with zero attached hydrogens (tertiary/aromatic N) is 2. The summed E-state index contributed by atoms with van der Waals surface area (Å²) in [7, 11) is 0. The second kappa shape index (κ2) is 7.05. The summed E-state index contributed by atoms with van der Waals surface area (Å²) >= 11 is 6.35. The van der Waals surface area contributed by atoms with Crippen LogP contribution in [0.25, 0.3) is 10.9 Å². The number of anilines is 2. The van der Waals surface area contributed by atoms with Crippen LogP contribution in [0.15, 0.2) is 73.1 Å². The van der Waals surface area contributed by atoms with Gasteiger partial charge in [0.25, 0.3) is 0 Å². The van der Waals surface area contributed by atoms with Crippen molar-refractivity contribution in [1.29, 1.82) is 0 Å². The van der Waals surface area contributed by atoms with Gasteiger partial charge in [-0.05, 0) is 36.4 Å². The molecule has 0 saturated carbocycles. The number of phenols is 1. The lowest BCUT2D eigenvalue weighted by Crippen LogP contribution is -2.03. The molecule has 5 nitrogen and oxygen atoms in total. The predicted molar refractivity (Wildman–Crippen MR) is 106 cm³/mol. The molecule has 132 valence electrons. The first-order valence-electron chi connectivity index (χ1n) is 8.22. The maximum absolute atomic E-state index is 12.6. The molecule has 0 unspecified atom stereocenters. The van der Waals surface area contributed by atoms with Gasteiger partial charge in [0.05, 0.1) is 10.5 Å². The van der Waals surface area contributed by atoms with Crippen molar-refractivity contribution in [3.05, 3.63) is 89.2 Å². The third-order valence-corrected chi connectivity index (χ3v) is 4.44. The number of benzene rings is 3. The van der Waals surface area contributed by atoms with E-state index in [4.69, 9.17) is 11.6 Å². The normalized spacial score (nSPS) is 10.7. The van der Waals surface area contributed by atoms with E-state index in [0.717, 1.165) is 0 Å². The molecule has 0 bridgehead atoms. The zero-order chi connectivity index (χ0) is 18.8. The molecule has 0 radical (unpaired) electrons. The fourth-order valence-electron chi connectivity index (χ4n) is 2.80. The Kier molecular flexibility index (Phi) is 4.44. The fraction of sp³-hybridized carbons (Fsp3) is 0.